The second-order valence-electron chi connectivity index (χ2n) is 8.34. The van der Waals surface area contributed by atoms with Crippen molar-refractivity contribution in [2.24, 2.45) is 4.99 Å². The summed E-state index contributed by atoms with van der Waals surface area (Å²) < 4.78 is 13.3. The predicted octanol–water partition coefficient (Wildman–Crippen LogP) is 5.65. The Kier molecular flexibility index (Phi) is 8.55. The van der Waals surface area contributed by atoms with E-state index in [0.29, 0.717) is 0 Å². The van der Waals surface area contributed by atoms with Gasteiger partial charge in [0, 0.05) is 36.8 Å². The molecule has 2 aromatic rings. The molecule has 1 aromatic carbocycles. The molecule has 3 N–H and O–H groups in total. The average molecular weight is 448 g/mol. The molecule has 1 aliphatic rings. The lowest BCUT2D eigenvalue weighted by molar-refractivity contribution is 0.531. The number of aromatic nitrogens is 1. The van der Waals surface area contributed by atoms with Gasteiger partial charge in [-0.15, -0.1) is 0 Å². The maximum atomic E-state index is 13.3. The van der Waals surface area contributed by atoms with Crippen LogP contribution >= 0.6 is 0 Å². The first-order valence-electron chi connectivity index (χ1n) is 11.4. The van der Waals surface area contributed by atoms with Gasteiger partial charge >= 0.3 is 0 Å². The standard InChI is InChI=1S/C27H34FN5/c1-5-6-25(30-4)19-27(33-26-17-20(2)12-16-31-26)14-11-24(18-21(27)13-15-29-3)32-23-9-7-22(28)8-10-23/h5-12,16-18,29,32H,13-15,19H2,1-4H3,(H,31,33)/b6-5-,30-25+. The van der Waals surface area contributed by atoms with Gasteiger partial charge in [0.05, 0.1) is 5.54 Å². The van der Waals surface area contributed by atoms with Gasteiger partial charge in [-0.2, -0.15) is 0 Å². The van der Waals surface area contributed by atoms with Crippen LogP contribution < -0.4 is 16.0 Å². The minimum Gasteiger partial charge on any atom is -0.360 e. The molecule has 5 nitrogen and oxygen atoms in total. The lowest BCUT2D eigenvalue weighted by Crippen LogP contribution is -2.44. The Labute approximate surface area is 196 Å². The maximum Gasteiger partial charge on any atom is 0.126 e. The molecule has 0 fully saturated rings. The zero-order chi connectivity index (χ0) is 23.7. The van der Waals surface area contributed by atoms with Gasteiger partial charge in [0.1, 0.15) is 11.6 Å². The van der Waals surface area contributed by atoms with Crippen LogP contribution in [-0.2, 0) is 0 Å². The second kappa shape index (κ2) is 11.6. The number of allylic oxidation sites excluding steroid dienone is 3. The lowest BCUT2D eigenvalue weighted by atomic mass is 9.76. The molecular formula is C27H34FN5. The van der Waals surface area contributed by atoms with E-state index in [1.165, 1.54) is 17.7 Å². The third-order valence-corrected chi connectivity index (χ3v) is 5.80. The van der Waals surface area contributed by atoms with Crippen LogP contribution in [0.5, 0.6) is 0 Å². The molecule has 0 aliphatic heterocycles. The number of rotatable bonds is 10. The number of halogens is 1. The topological polar surface area (TPSA) is 61.3 Å². The highest BCUT2D eigenvalue weighted by Crippen LogP contribution is 2.37. The summed E-state index contributed by atoms with van der Waals surface area (Å²) in [5.74, 6) is 0.609. The van der Waals surface area contributed by atoms with Crippen molar-refractivity contribution in [3.63, 3.8) is 0 Å². The highest BCUT2D eigenvalue weighted by Gasteiger charge is 2.36. The Morgan fingerprint density at radius 2 is 2.03 bits per heavy atom. The van der Waals surface area contributed by atoms with E-state index in [9.17, 15) is 4.39 Å². The lowest BCUT2D eigenvalue weighted by Gasteiger charge is -2.40. The Bertz CT molecular complexity index is 1050. The number of nitrogens with one attached hydrogen (secondary N) is 3. The van der Waals surface area contributed by atoms with Crippen molar-refractivity contribution in [2.75, 3.05) is 31.3 Å². The molecule has 1 atom stereocenters. The van der Waals surface area contributed by atoms with Crippen molar-refractivity contribution in [2.45, 2.75) is 38.6 Å². The van der Waals surface area contributed by atoms with E-state index in [1.54, 1.807) is 12.1 Å². The van der Waals surface area contributed by atoms with Crippen LogP contribution in [0.1, 0.15) is 31.7 Å². The van der Waals surface area contributed by atoms with Crippen LogP contribution in [0.25, 0.3) is 0 Å². The first-order chi connectivity index (χ1) is 16.0. The molecule has 0 saturated heterocycles. The van der Waals surface area contributed by atoms with Crippen LogP contribution in [-0.4, -0.2) is 36.9 Å². The Morgan fingerprint density at radius 1 is 1.24 bits per heavy atom. The van der Waals surface area contributed by atoms with E-state index < -0.39 is 0 Å². The average Bonchev–Trinajstić information content (AvgIpc) is 2.80. The van der Waals surface area contributed by atoms with Gasteiger partial charge in [0.15, 0.2) is 0 Å². The number of nitrogens with zero attached hydrogens (tertiary/aromatic N) is 2. The van der Waals surface area contributed by atoms with Gasteiger partial charge in [-0.25, -0.2) is 9.37 Å². The van der Waals surface area contributed by atoms with Gasteiger partial charge in [0.2, 0.25) is 0 Å². The van der Waals surface area contributed by atoms with Crippen molar-refractivity contribution < 1.29 is 4.39 Å². The van der Waals surface area contributed by atoms with Crippen molar-refractivity contribution in [3.8, 4) is 0 Å². The summed E-state index contributed by atoms with van der Waals surface area (Å²) in [6.45, 7) is 4.93. The summed E-state index contributed by atoms with van der Waals surface area (Å²) in [4.78, 5) is 9.12. The number of hydrogen-bond acceptors (Lipinski definition) is 5. The Balaban J connectivity index is 1.98. The molecule has 0 radical (unpaired) electrons. The molecule has 6 heteroatoms. The fraction of sp³-hybridized carbons (Fsp3) is 0.333. The summed E-state index contributed by atoms with van der Waals surface area (Å²) in [5.41, 5.74) is 4.95. The smallest absolute Gasteiger partial charge is 0.126 e. The number of aryl methyl sites for hydroxylation is 1. The number of anilines is 2. The summed E-state index contributed by atoms with van der Waals surface area (Å²) in [6, 6.07) is 10.5. The largest absolute Gasteiger partial charge is 0.360 e. The van der Waals surface area contributed by atoms with E-state index >= 15 is 0 Å². The first-order valence-corrected chi connectivity index (χ1v) is 11.4. The summed E-state index contributed by atoms with van der Waals surface area (Å²) in [6.07, 6.45) is 12.7. The molecule has 0 amide bonds. The molecule has 33 heavy (non-hydrogen) atoms. The molecular weight excluding hydrogens is 413 g/mol. The fourth-order valence-corrected chi connectivity index (χ4v) is 4.08. The molecule has 0 spiro atoms. The third kappa shape index (κ3) is 6.62. The summed E-state index contributed by atoms with van der Waals surface area (Å²) >= 11 is 0. The second-order valence-corrected chi connectivity index (χ2v) is 8.34. The molecule has 1 heterocycles. The van der Waals surface area contributed by atoms with E-state index in [1.807, 2.05) is 39.4 Å². The minimum atomic E-state index is -0.361. The van der Waals surface area contributed by atoms with Crippen molar-refractivity contribution >= 4 is 17.2 Å². The number of pyridine rings is 1. The normalized spacial score (nSPS) is 18.8. The predicted molar refractivity (Wildman–Crippen MR) is 137 cm³/mol. The maximum absolute atomic E-state index is 13.3. The van der Waals surface area contributed by atoms with Crippen molar-refractivity contribution in [1.82, 2.24) is 10.3 Å². The van der Waals surface area contributed by atoms with Gasteiger partial charge in [-0.3, -0.25) is 4.99 Å². The zero-order valence-corrected chi connectivity index (χ0v) is 20.0. The Morgan fingerprint density at radius 3 is 2.70 bits per heavy atom. The molecule has 174 valence electrons. The SMILES string of the molecule is C/C=C\C(CC1(Nc2cc(C)ccn2)CC=C(Nc2ccc(F)cc2)C=C1CCNC)=N/C. The molecule has 1 aromatic heterocycles. The molecule has 1 unspecified atom stereocenters. The van der Waals surface area contributed by atoms with Crippen LogP contribution in [0.2, 0.25) is 0 Å². The fourth-order valence-electron chi connectivity index (χ4n) is 4.08. The van der Waals surface area contributed by atoms with Crippen LogP contribution in [0, 0.1) is 12.7 Å². The number of hydrogen-bond donors (Lipinski definition) is 3. The number of aliphatic imine (C=N–C) groups is 1. The quantitative estimate of drug-likeness (QED) is 0.412. The third-order valence-electron chi connectivity index (χ3n) is 5.80. The number of benzene rings is 1. The molecule has 0 bridgehead atoms. The van der Waals surface area contributed by atoms with E-state index in [4.69, 9.17) is 0 Å². The van der Waals surface area contributed by atoms with Crippen molar-refractivity contribution in [1.29, 1.82) is 0 Å². The van der Waals surface area contributed by atoms with Crippen LogP contribution in [0.15, 0.2) is 83.2 Å². The van der Waals surface area contributed by atoms with Gasteiger partial charge in [-0.05, 0) is 100.0 Å². The van der Waals surface area contributed by atoms with Gasteiger partial charge < -0.3 is 16.0 Å². The van der Waals surface area contributed by atoms with Crippen LogP contribution in [0.3, 0.4) is 0 Å². The monoisotopic (exact) mass is 447 g/mol. The first kappa shape index (κ1) is 24.4. The minimum absolute atomic E-state index is 0.243. The highest BCUT2D eigenvalue weighted by atomic mass is 19.1. The van der Waals surface area contributed by atoms with Gasteiger partial charge in [-0.1, -0.05) is 12.2 Å². The zero-order valence-electron chi connectivity index (χ0n) is 20.0. The van der Waals surface area contributed by atoms with E-state index in [2.05, 4.69) is 57.1 Å². The molecule has 1 aliphatic carbocycles. The summed E-state index contributed by atoms with van der Waals surface area (Å²) in [5, 5.41) is 10.5. The molecule has 3 rings (SSSR count). The Hall–Kier alpha value is -3.25. The van der Waals surface area contributed by atoms with Crippen molar-refractivity contribution in [3.05, 3.63) is 89.5 Å². The highest BCUT2D eigenvalue weighted by molar-refractivity contribution is 5.96. The van der Waals surface area contributed by atoms with E-state index in [0.717, 1.165) is 54.3 Å². The summed E-state index contributed by atoms with van der Waals surface area (Å²) in [7, 11) is 3.80. The van der Waals surface area contributed by atoms with Gasteiger partial charge in [0.25, 0.3) is 0 Å². The van der Waals surface area contributed by atoms with E-state index in [-0.39, 0.29) is 11.4 Å². The van der Waals surface area contributed by atoms with Crippen LogP contribution in [0.4, 0.5) is 15.9 Å². The molecule has 0 saturated carbocycles.